The number of hydrogen-bond acceptors (Lipinski definition) is 7. The van der Waals surface area contributed by atoms with Crippen LogP contribution in [0.2, 0.25) is 0 Å². The summed E-state index contributed by atoms with van der Waals surface area (Å²) in [6, 6.07) is 3.04. The normalized spacial score (nSPS) is 21.4. The van der Waals surface area contributed by atoms with Gasteiger partial charge in [0.05, 0.1) is 22.2 Å². The second-order valence-electron chi connectivity index (χ2n) is 10.9. The van der Waals surface area contributed by atoms with Gasteiger partial charge in [0.15, 0.2) is 5.79 Å². The molecule has 0 bridgehead atoms. The molecule has 1 aliphatic heterocycles. The minimum absolute atomic E-state index is 0.0112. The summed E-state index contributed by atoms with van der Waals surface area (Å²) in [4.78, 5) is 46.0. The van der Waals surface area contributed by atoms with E-state index in [9.17, 15) is 29.0 Å². The average molecular weight is 533 g/mol. The number of phenols is 1. The summed E-state index contributed by atoms with van der Waals surface area (Å²) < 4.78 is 15.0. The van der Waals surface area contributed by atoms with Gasteiger partial charge >= 0.3 is 0 Å². The van der Waals surface area contributed by atoms with E-state index in [1.165, 1.54) is 16.2 Å². The first-order valence-corrected chi connectivity index (χ1v) is 13.1. The van der Waals surface area contributed by atoms with Crippen LogP contribution in [0, 0.1) is 12.3 Å². The Morgan fingerprint density at radius 3 is 2.62 bits per heavy atom. The van der Waals surface area contributed by atoms with E-state index < -0.39 is 41.2 Å². The zero-order chi connectivity index (χ0) is 27.1. The Bertz CT molecular complexity index is 1190. The van der Waals surface area contributed by atoms with Gasteiger partial charge in [-0.2, -0.15) is 0 Å². The number of nitrogens with one attached hydrogen (secondary N) is 1. The van der Waals surface area contributed by atoms with Crippen molar-refractivity contribution in [2.45, 2.75) is 77.5 Å². The van der Waals surface area contributed by atoms with Crippen molar-refractivity contribution in [2.75, 3.05) is 6.54 Å². The fourth-order valence-corrected chi connectivity index (χ4v) is 5.65. The van der Waals surface area contributed by atoms with Gasteiger partial charge in [-0.05, 0) is 24.0 Å². The third-order valence-corrected chi connectivity index (χ3v) is 7.96. The fourth-order valence-electron chi connectivity index (χ4n) is 4.85. The number of alkyl halides is 1. The molecule has 2 heterocycles. The molecule has 0 unspecified atom stereocenters. The molecule has 37 heavy (non-hydrogen) atoms. The van der Waals surface area contributed by atoms with Crippen LogP contribution in [0.1, 0.15) is 51.3 Å². The number of halogens is 1. The van der Waals surface area contributed by atoms with Crippen molar-refractivity contribution in [3.05, 3.63) is 35.0 Å². The zero-order valence-corrected chi connectivity index (χ0v) is 22.2. The van der Waals surface area contributed by atoms with Crippen molar-refractivity contribution >= 4 is 29.6 Å². The maximum Gasteiger partial charge on any atom is 0.246 e. The highest BCUT2D eigenvalue weighted by atomic mass is 32.1. The lowest BCUT2D eigenvalue weighted by Crippen LogP contribution is -2.59. The molecule has 11 heteroatoms. The van der Waals surface area contributed by atoms with Crippen LogP contribution in [0.4, 0.5) is 4.39 Å². The molecule has 9 nitrogen and oxygen atoms in total. The molecule has 3 N–H and O–H groups in total. The minimum atomic E-state index is -1.87. The number of carbonyl (C=O) groups is 3. The highest BCUT2D eigenvalue weighted by molar-refractivity contribution is 7.13. The molecule has 2 aromatic rings. The van der Waals surface area contributed by atoms with Gasteiger partial charge in [-0.3, -0.25) is 19.3 Å². The number of amides is 3. The molecule has 3 amide bonds. The predicted octanol–water partition coefficient (Wildman–Crippen LogP) is 2.73. The lowest BCUT2D eigenvalue weighted by molar-refractivity contribution is -0.155. The molecule has 1 saturated heterocycles. The monoisotopic (exact) mass is 532 g/mol. The number of aromatic nitrogens is 1. The predicted molar refractivity (Wildman–Crippen MR) is 136 cm³/mol. The number of nitrogens with zero attached hydrogens (tertiary/aromatic N) is 3. The number of aryl methyl sites for hydroxylation is 1. The SMILES string of the molecule is Cc1ncsc1-c1ccc(CNC(=O)[C@@H]2C[C@@H](O)CN2C(=O)[C@H](N(C=O)C2(F)CC2)C(C)(C)C)c(O)c1. The van der Waals surface area contributed by atoms with E-state index in [4.69, 9.17) is 0 Å². The number of β-amino-alcohol motifs (C(OH)–C–C–N with tert-alkyl or cyclic N) is 1. The number of hydrogen-bond donors (Lipinski definition) is 3. The molecule has 0 spiro atoms. The quantitative estimate of drug-likeness (QED) is 0.355. The number of likely N-dealkylation sites (tertiary alicyclic amines) is 1. The van der Waals surface area contributed by atoms with E-state index in [0.29, 0.717) is 12.0 Å². The Morgan fingerprint density at radius 2 is 2.08 bits per heavy atom. The van der Waals surface area contributed by atoms with Crippen LogP contribution in [0.3, 0.4) is 0 Å². The van der Waals surface area contributed by atoms with Crippen LogP contribution >= 0.6 is 11.3 Å². The van der Waals surface area contributed by atoms with Gasteiger partial charge < -0.3 is 20.4 Å². The van der Waals surface area contributed by atoms with Gasteiger partial charge in [-0.25, -0.2) is 9.37 Å². The van der Waals surface area contributed by atoms with Crippen LogP contribution in [0.25, 0.3) is 10.4 Å². The average Bonchev–Trinajstić information content (AvgIpc) is 3.22. The largest absolute Gasteiger partial charge is 0.508 e. The highest BCUT2D eigenvalue weighted by Crippen LogP contribution is 2.46. The summed E-state index contributed by atoms with van der Waals surface area (Å²) in [5.41, 5.74) is 3.09. The van der Waals surface area contributed by atoms with E-state index in [1.54, 1.807) is 38.4 Å². The summed E-state index contributed by atoms with van der Waals surface area (Å²) in [7, 11) is 0. The van der Waals surface area contributed by atoms with Gasteiger partial charge in [0.2, 0.25) is 18.2 Å². The Morgan fingerprint density at radius 1 is 1.38 bits per heavy atom. The van der Waals surface area contributed by atoms with Crippen molar-refractivity contribution < 1.29 is 29.0 Å². The van der Waals surface area contributed by atoms with Crippen LogP contribution in [0.15, 0.2) is 23.7 Å². The first-order chi connectivity index (χ1) is 17.4. The molecule has 1 aromatic heterocycles. The van der Waals surface area contributed by atoms with E-state index in [2.05, 4.69) is 10.3 Å². The third kappa shape index (κ3) is 5.47. The molecule has 0 radical (unpaired) electrons. The zero-order valence-electron chi connectivity index (χ0n) is 21.4. The molecule has 2 aliphatic rings. The number of phenolic OH excluding ortho intramolecular Hbond substituents is 1. The standard InChI is InChI=1S/C26H33FN4O5S/c1-15-21(37-13-29-15)16-5-6-17(20(34)9-16)11-28-23(35)19-10-18(33)12-30(19)24(36)22(25(2,3)4)31(14-32)26(27)7-8-26/h5-6,9,13-14,18-19,22,33-34H,7-8,10-12H2,1-4H3,(H,28,35)/t18-,19+,22+/m1/s1. The first kappa shape index (κ1) is 27.0. The summed E-state index contributed by atoms with van der Waals surface area (Å²) in [6.45, 7) is 7.01. The Balaban J connectivity index is 1.49. The summed E-state index contributed by atoms with van der Waals surface area (Å²) in [5, 5.41) is 23.6. The molecular formula is C26H33FN4O5S. The van der Waals surface area contributed by atoms with Gasteiger partial charge in [0.25, 0.3) is 0 Å². The maximum absolute atomic E-state index is 15.0. The number of aliphatic hydroxyl groups excluding tert-OH is 1. The molecule has 1 aromatic carbocycles. The Kier molecular flexibility index (Phi) is 7.31. The Hall–Kier alpha value is -3.05. The fraction of sp³-hybridized carbons (Fsp3) is 0.538. The topological polar surface area (TPSA) is 123 Å². The summed E-state index contributed by atoms with van der Waals surface area (Å²) in [5.74, 6) is -2.94. The van der Waals surface area contributed by atoms with Crippen LogP contribution in [-0.4, -0.2) is 73.7 Å². The van der Waals surface area contributed by atoms with E-state index in [1.807, 2.05) is 13.0 Å². The van der Waals surface area contributed by atoms with Crippen molar-refractivity contribution in [2.24, 2.45) is 5.41 Å². The van der Waals surface area contributed by atoms with Gasteiger partial charge in [-0.15, -0.1) is 11.3 Å². The number of carbonyl (C=O) groups excluding carboxylic acids is 3. The van der Waals surface area contributed by atoms with Crippen LogP contribution in [-0.2, 0) is 20.9 Å². The number of aromatic hydroxyl groups is 1. The molecule has 1 saturated carbocycles. The first-order valence-electron chi connectivity index (χ1n) is 12.3. The van der Waals surface area contributed by atoms with E-state index in [-0.39, 0.29) is 38.1 Å². The lowest BCUT2D eigenvalue weighted by atomic mass is 9.84. The highest BCUT2D eigenvalue weighted by Gasteiger charge is 2.56. The van der Waals surface area contributed by atoms with Crippen molar-refractivity contribution in [3.8, 4) is 16.2 Å². The van der Waals surface area contributed by atoms with Crippen molar-refractivity contribution in [1.29, 1.82) is 0 Å². The van der Waals surface area contributed by atoms with Crippen LogP contribution < -0.4 is 5.32 Å². The molecule has 3 atom stereocenters. The molecule has 200 valence electrons. The molecule has 4 rings (SSSR count). The summed E-state index contributed by atoms with van der Waals surface area (Å²) in [6.07, 6.45) is -0.235. The third-order valence-electron chi connectivity index (χ3n) is 6.98. The second kappa shape index (κ2) is 10.0. The second-order valence-corrected chi connectivity index (χ2v) is 11.8. The van der Waals surface area contributed by atoms with E-state index in [0.717, 1.165) is 21.0 Å². The number of rotatable bonds is 8. The van der Waals surface area contributed by atoms with Gasteiger partial charge in [0.1, 0.15) is 17.8 Å². The van der Waals surface area contributed by atoms with Crippen LogP contribution in [0.5, 0.6) is 5.75 Å². The number of benzene rings is 1. The molecule has 1 aliphatic carbocycles. The molecular weight excluding hydrogens is 499 g/mol. The van der Waals surface area contributed by atoms with E-state index >= 15 is 0 Å². The van der Waals surface area contributed by atoms with Crippen molar-refractivity contribution in [3.63, 3.8) is 0 Å². The minimum Gasteiger partial charge on any atom is -0.508 e. The number of aliphatic hydroxyl groups is 1. The smallest absolute Gasteiger partial charge is 0.246 e. The van der Waals surface area contributed by atoms with Gasteiger partial charge in [0, 0.05) is 37.9 Å². The number of thiazole rings is 1. The van der Waals surface area contributed by atoms with Crippen molar-refractivity contribution in [1.82, 2.24) is 20.1 Å². The van der Waals surface area contributed by atoms with Gasteiger partial charge in [-0.1, -0.05) is 32.9 Å². The Labute approximate surface area is 219 Å². The molecule has 2 fully saturated rings. The maximum atomic E-state index is 15.0. The summed E-state index contributed by atoms with van der Waals surface area (Å²) >= 11 is 1.47. The lowest BCUT2D eigenvalue weighted by Gasteiger charge is -2.41.